The van der Waals surface area contributed by atoms with E-state index in [4.69, 9.17) is 0 Å². The number of aromatic nitrogens is 1. The molecular formula is C17H19N3O3S. The van der Waals surface area contributed by atoms with Crippen LogP contribution in [0.3, 0.4) is 0 Å². The molecule has 1 aliphatic rings. The molecule has 0 unspecified atom stereocenters. The second kappa shape index (κ2) is 6.60. The number of aryl methyl sites for hydroxylation is 1. The highest BCUT2D eigenvalue weighted by Crippen LogP contribution is 2.29. The van der Waals surface area contributed by atoms with Crippen LogP contribution in [0.25, 0.3) is 0 Å². The van der Waals surface area contributed by atoms with Crippen molar-refractivity contribution in [3.05, 3.63) is 44.5 Å². The van der Waals surface area contributed by atoms with Crippen molar-refractivity contribution in [2.45, 2.75) is 33.2 Å². The molecule has 6 nitrogen and oxygen atoms in total. The molecule has 7 heteroatoms. The number of benzene rings is 1. The molecule has 0 bridgehead atoms. The molecule has 1 saturated heterocycles. The summed E-state index contributed by atoms with van der Waals surface area (Å²) in [5.41, 5.74) is 2.11. The van der Waals surface area contributed by atoms with Gasteiger partial charge in [-0.25, -0.2) is 0 Å². The molecule has 2 amide bonds. The fourth-order valence-electron chi connectivity index (χ4n) is 2.82. The first-order valence-electron chi connectivity index (χ1n) is 7.83. The van der Waals surface area contributed by atoms with Crippen molar-refractivity contribution in [1.82, 2.24) is 4.57 Å². The standard InChI is InChI=1S/C17H19N3O3S/c1-11-12(2)24-17(23)20(11)10-15(21)18-13-6-3-4-7-14(13)19-9-5-8-16(19)22/h3-4,6-7H,5,8-10H2,1-2H3,(H,18,21). The highest BCUT2D eigenvalue weighted by molar-refractivity contribution is 7.09. The Hall–Kier alpha value is -2.41. The van der Waals surface area contributed by atoms with E-state index in [9.17, 15) is 14.4 Å². The summed E-state index contributed by atoms with van der Waals surface area (Å²) in [7, 11) is 0. The van der Waals surface area contributed by atoms with Gasteiger partial charge in [0, 0.05) is 23.5 Å². The van der Waals surface area contributed by atoms with Crippen LogP contribution >= 0.6 is 11.3 Å². The Labute approximate surface area is 143 Å². The van der Waals surface area contributed by atoms with Gasteiger partial charge in [-0.2, -0.15) is 0 Å². The third-order valence-corrected chi connectivity index (χ3v) is 5.22. The van der Waals surface area contributed by atoms with Crippen LogP contribution in [0.1, 0.15) is 23.4 Å². The molecular weight excluding hydrogens is 326 g/mol. The zero-order chi connectivity index (χ0) is 17.3. The van der Waals surface area contributed by atoms with E-state index >= 15 is 0 Å². The van der Waals surface area contributed by atoms with Crippen molar-refractivity contribution in [2.75, 3.05) is 16.8 Å². The second-order valence-electron chi connectivity index (χ2n) is 5.81. The molecule has 1 aromatic carbocycles. The molecule has 0 aliphatic carbocycles. The van der Waals surface area contributed by atoms with Gasteiger partial charge in [0.2, 0.25) is 11.8 Å². The van der Waals surface area contributed by atoms with Crippen LogP contribution in [0.15, 0.2) is 29.1 Å². The number of nitrogens with one attached hydrogen (secondary N) is 1. The lowest BCUT2D eigenvalue weighted by molar-refractivity contribution is -0.117. The summed E-state index contributed by atoms with van der Waals surface area (Å²) in [5.74, 6) is -0.214. The van der Waals surface area contributed by atoms with Crippen molar-refractivity contribution in [2.24, 2.45) is 0 Å². The van der Waals surface area contributed by atoms with Gasteiger partial charge in [-0.1, -0.05) is 23.5 Å². The van der Waals surface area contributed by atoms with Gasteiger partial charge in [-0.05, 0) is 32.4 Å². The lowest BCUT2D eigenvalue weighted by atomic mass is 10.2. The van der Waals surface area contributed by atoms with Gasteiger partial charge in [-0.15, -0.1) is 0 Å². The third kappa shape index (κ3) is 3.12. The van der Waals surface area contributed by atoms with Gasteiger partial charge in [0.1, 0.15) is 6.54 Å². The number of hydrogen-bond acceptors (Lipinski definition) is 4. The Kier molecular flexibility index (Phi) is 4.53. The molecule has 2 heterocycles. The van der Waals surface area contributed by atoms with E-state index in [1.807, 2.05) is 32.0 Å². The van der Waals surface area contributed by atoms with Crippen LogP contribution in [0, 0.1) is 13.8 Å². The van der Waals surface area contributed by atoms with Crippen LogP contribution in [-0.2, 0) is 16.1 Å². The van der Waals surface area contributed by atoms with Crippen LogP contribution in [0.4, 0.5) is 11.4 Å². The molecule has 1 aliphatic heterocycles. The predicted octanol–water partition coefficient (Wildman–Crippen LogP) is 2.29. The average molecular weight is 345 g/mol. The molecule has 0 atom stereocenters. The lowest BCUT2D eigenvalue weighted by Gasteiger charge is -2.20. The minimum Gasteiger partial charge on any atom is -0.323 e. The van der Waals surface area contributed by atoms with Crippen molar-refractivity contribution < 1.29 is 9.59 Å². The maximum absolute atomic E-state index is 12.4. The van der Waals surface area contributed by atoms with Crippen LogP contribution in [0.2, 0.25) is 0 Å². The van der Waals surface area contributed by atoms with E-state index < -0.39 is 0 Å². The predicted molar refractivity (Wildman–Crippen MR) is 94.7 cm³/mol. The summed E-state index contributed by atoms with van der Waals surface area (Å²) in [6.07, 6.45) is 1.36. The van der Waals surface area contributed by atoms with Crippen molar-refractivity contribution in [3.8, 4) is 0 Å². The summed E-state index contributed by atoms with van der Waals surface area (Å²) in [6, 6.07) is 7.25. The number of hydrogen-bond donors (Lipinski definition) is 1. The molecule has 0 saturated carbocycles. The van der Waals surface area contributed by atoms with Crippen LogP contribution in [0.5, 0.6) is 0 Å². The van der Waals surface area contributed by atoms with Crippen molar-refractivity contribution in [3.63, 3.8) is 0 Å². The maximum Gasteiger partial charge on any atom is 0.308 e. The zero-order valence-electron chi connectivity index (χ0n) is 13.7. The van der Waals surface area contributed by atoms with Gasteiger partial charge in [0.05, 0.1) is 11.4 Å². The smallest absolute Gasteiger partial charge is 0.308 e. The number of rotatable bonds is 4. The monoisotopic (exact) mass is 345 g/mol. The van der Waals surface area contributed by atoms with Crippen LogP contribution < -0.4 is 15.1 Å². The summed E-state index contributed by atoms with van der Waals surface area (Å²) < 4.78 is 1.47. The zero-order valence-corrected chi connectivity index (χ0v) is 14.5. The van der Waals surface area contributed by atoms with E-state index in [0.29, 0.717) is 24.3 Å². The molecule has 1 N–H and O–H groups in total. The maximum atomic E-state index is 12.4. The number of nitrogens with zero attached hydrogens (tertiary/aromatic N) is 2. The van der Waals surface area contributed by atoms with Crippen molar-refractivity contribution in [1.29, 1.82) is 0 Å². The number of carbonyl (C=O) groups excluding carboxylic acids is 2. The largest absolute Gasteiger partial charge is 0.323 e. The summed E-state index contributed by atoms with van der Waals surface area (Å²) in [5, 5.41) is 2.83. The van der Waals surface area contributed by atoms with E-state index in [1.165, 1.54) is 4.57 Å². The first-order valence-corrected chi connectivity index (χ1v) is 8.65. The Morgan fingerprint density at radius 2 is 2.00 bits per heavy atom. The number of para-hydroxylation sites is 2. The SMILES string of the molecule is Cc1sc(=O)n(CC(=O)Nc2ccccc2N2CCCC2=O)c1C. The molecule has 0 radical (unpaired) electrons. The molecule has 0 spiro atoms. The summed E-state index contributed by atoms with van der Waals surface area (Å²) >= 11 is 1.14. The number of anilines is 2. The Bertz CT molecular complexity index is 853. The van der Waals surface area contributed by atoms with Crippen molar-refractivity contribution >= 4 is 34.5 Å². The fourth-order valence-corrected chi connectivity index (χ4v) is 3.65. The topological polar surface area (TPSA) is 71.4 Å². The van der Waals surface area contributed by atoms with Crippen LogP contribution in [-0.4, -0.2) is 22.9 Å². The first kappa shape index (κ1) is 16.4. The highest BCUT2D eigenvalue weighted by Gasteiger charge is 2.24. The third-order valence-electron chi connectivity index (χ3n) is 4.22. The van der Waals surface area contributed by atoms with Gasteiger partial charge in [-0.3, -0.25) is 19.0 Å². The molecule has 24 heavy (non-hydrogen) atoms. The Morgan fingerprint density at radius 1 is 1.25 bits per heavy atom. The molecule has 3 rings (SSSR count). The van der Waals surface area contributed by atoms with E-state index in [1.54, 1.807) is 11.0 Å². The van der Waals surface area contributed by atoms with Gasteiger partial charge in [0.15, 0.2) is 0 Å². The lowest BCUT2D eigenvalue weighted by Crippen LogP contribution is -2.28. The molecule has 1 fully saturated rings. The number of carbonyl (C=O) groups is 2. The minimum absolute atomic E-state index is 0.0305. The molecule has 2 aromatic rings. The minimum atomic E-state index is -0.280. The Morgan fingerprint density at radius 3 is 2.62 bits per heavy atom. The normalized spacial score (nSPS) is 14.2. The van der Waals surface area contributed by atoms with E-state index in [-0.39, 0.29) is 23.2 Å². The van der Waals surface area contributed by atoms with E-state index in [0.717, 1.165) is 28.3 Å². The molecule has 126 valence electrons. The highest BCUT2D eigenvalue weighted by atomic mass is 32.1. The van der Waals surface area contributed by atoms with Gasteiger partial charge in [0.25, 0.3) is 0 Å². The second-order valence-corrected chi connectivity index (χ2v) is 6.98. The summed E-state index contributed by atoms with van der Waals surface area (Å²) in [4.78, 5) is 38.7. The quantitative estimate of drug-likeness (QED) is 0.924. The van der Waals surface area contributed by atoms with E-state index in [2.05, 4.69) is 5.32 Å². The number of thiazole rings is 1. The first-order chi connectivity index (χ1) is 11.5. The van der Waals surface area contributed by atoms with Gasteiger partial charge >= 0.3 is 4.87 Å². The number of amides is 2. The summed E-state index contributed by atoms with van der Waals surface area (Å²) in [6.45, 7) is 4.33. The fraction of sp³-hybridized carbons (Fsp3) is 0.353. The molecule has 1 aromatic heterocycles. The Balaban J connectivity index is 1.80. The van der Waals surface area contributed by atoms with Gasteiger partial charge < -0.3 is 10.2 Å². The average Bonchev–Trinajstić information content (AvgIpc) is 3.07.